The Morgan fingerprint density at radius 1 is 1.04 bits per heavy atom. The second-order valence-corrected chi connectivity index (χ2v) is 7.09. The van der Waals surface area contributed by atoms with Crippen LogP contribution in [0.15, 0.2) is 45.6 Å². The fourth-order valence-corrected chi connectivity index (χ4v) is 3.50. The molecule has 4 rings (SSSR count). The van der Waals surface area contributed by atoms with Gasteiger partial charge in [-0.25, -0.2) is 4.79 Å². The number of rotatable bonds is 2. The second-order valence-electron chi connectivity index (χ2n) is 7.09. The van der Waals surface area contributed by atoms with E-state index >= 15 is 0 Å². The average Bonchev–Trinajstić information content (AvgIpc) is 2.65. The van der Waals surface area contributed by atoms with Gasteiger partial charge in [-0.3, -0.25) is 0 Å². The van der Waals surface area contributed by atoms with Gasteiger partial charge in [0.15, 0.2) is 0 Å². The highest BCUT2D eigenvalue weighted by Crippen LogP contribution is 2.32. The number of hydrogen-bond donors (Lipinski definition) is 2. The Hall–Kier alpha value is -2.53. The van der Waals surface area contributed by atoms with E-state index in [1.165, 1.54) is 6.07 Å². The van der Waals surface area contributed by atoms with E-state index in [1.807, 2.05) is 32.9 Å². The Bertz CT molecular complexity index is 993. The first-order valence-corrected chi connectivity index (χ1v) is 9.50. The van der Waals surface area contributed by atoms with Gasteiger partial charge in [0.2, 0.25) is 0 Å². The molecule has 0 aliphatic heterocycles. The maximum Gasteiger partial charge on any atom is 0.344 e. The molecule has 3 aromatic rings. The maximum absolute atomic E-state index is 12.3. The Kier molecular flexibility index (Phi) is 5.42. The minimum atomic E-state index is -0.602. The number of ether oxygens (including phenoxy) is 1. The second kappa shape index (κ2) is 7.61. The minimum absolute atomic E-state index is 0.0436. The van der Waals surface area contributed by atoms with E-state index in [2.05, 4.69) is 0 Å². The molecule has 0 bridgehead atoms. The highest BCUT2D eigenvalue weighted by Gasteiger charge is 2.29. The molecule has 0 unspecified atom stereocenters. The fraction of sp³-hybridized carbons (Fsp3) is 0.409. The number of phenols is 1. The van der Waals surface area contributed by atoms with Crippen molar-refractivity contribution in [1.29, 1.82) is 0 Å². The summed E-state index contributed by atoms with van der Waals surface area (Å²) in [5.41, 5.74) is -0.694. The fourth-order valence-electron chi connectivity index (χ4n) is 3.50. The molecule has 144 valence electrons. The summed E-state index contributed by atoms with van der Waals surface area (Å²) in [5, 5.41) is 21.6. The van der Waals surface area contributed by atoms with Crippen LogP contribution < -0.4 is 10.4 Å². The van der Waals surface area contributed by atoms with Gasteiger partial charge in [-0.05, 0) is 62.9 Å². The lowest BCUT2D eigenvalue weighted by molar-refractivity contribution is -0.0108. The molecule has 0 amide bonds. The number of benzene rings is 2. The third-order valence-corrected chi connectivity index (χ3v) is 4.98. The van der Waals surface area contributed by atoms with Gasteiger partial charge in [0.05, 0.1) is 17.1 Å². The molecule has 2 aromatic carbocycles. The molecule has 0 saturated heterocycles. The number of aromatic hydroxyl groups is 1. The van der Waals surface area contributed by atoms with E-state index in [9.17, 15) is 15.0 Å². The van der Waals surface area contributed by atoms with Gasteiger partial charge in [-0.15, -0.1) is 0 Å². The van der Waals surface area contributed by atoms with E-state index in [-0.39, 0.29) is 11.9 Å². The van der Waals surface area contributed by atoms with Gasteiger partial charge >= 0.3 is 5.63 Å². The molecule has 1 aromatic heterocycles. The normalized spacial score (nSPS) is 22.3. The summed E-state index contributed by atoms with van der Waals surface area (Å²) < 4.78 is 11.3. The summed E-state index contributed by atoms with van der Waals surface area (Å²) in [4.78, 5) is 12.3. The first kappa shape index (κ1) is 19.2. The van der Waals surface area contributed by atoms with Gasteiger partial charge in [0.25, 0.3) is 0 Å². The summed E-state index contributed by atoms with van der Waals surface area (Å²) in [6.45, 7) is 5.85. The lowest BCUT2D eigenvalue weighted by Gasteiger charge is -2.33. The molecule has 0 atom stereocenters. The standard InChI is InChI=1S/C20H20O5.C2H6/c1-20(23)8-6-13(7-9-20)24-14-3-5-15-16-4-2-12(21)10-18(16)25-19(22)17(15)11-14;1-2/h2-5,10-11,13,21,23H,6-9H2,1H3;1-2H3. The van der Waals surface area contributed by atoms with Gasteiger partial charge in [-0.2, -0.15) is 0 Å². The molecule has 1 saturated carbocycles. The minimum Gasteiger partial charge on any atom is -0.508 e. The molecule has 1 aliphatic rings. The number of aliphatic hydroxyl groups is 1. The van der Waals surface area contributed by atoms with E-state index < -0.39 is 11.2 Å². The van der Waals surface area contributed by atoms with Gasteiger partial charge in [0.1, 0.15) is 17.1 Å². The van der Waals surface area contributed by atoms with Crippen molar-refractivity contribution in [3.8, 4) is 11.5 Å². The van der Waals surface area contributed by atoms with Crippen LogP contribution in [0.1, 0.15) is 46.5 Å². The first-order valence-electron chi connectivity index (χ1n) is 9.50. The lowest BCUT2D eigenvalue weighted by atomic mass is 9.85. The molecule has 1 aliphatic carbocycles. The molecule has 2 N–H and O–H groups in total. The summed E-state index contributed by atoms with van der Waals surface area (Å²) in [6, 6.07) is 10.1. The van der Waals surface area contributed by atoms with Crippen LogP contribution in [0.4, 0.5) is 0 Å². The average molecular weight is 370 g/mol. The third kappa shape index (κ3) is 4.08. The smallest absolute Gasteiger partial charge is 0.344 e. The van der Waals surface area contributed by atoms with Crippen molar-refractivity contribution >= 4 is 21.7 Å². The van der Waals surface area contributed by atoms with Gasteiger partial charge < -0.3 is 19.4 Å². The van der Waals surface area contributed by atoms with Crippen molar-refractivity contribution in [3.05, 3.63) is 46.8 Å². The third-order valence-electron chi connectivity index (χ3n) is 4.98. The lowest BCUT2D eigenvalue weighted by Crippen LogP contribution is -2.34. The molecule has 1 heterocycles. The quantitative estimate of drug-likeness (QED) is 0.503. The topological polar surface area (TPSA) is 79.9 Å². The predicted molar refractivity (Wildman–Crippen MR) is 107 cm³/mol. The van der Waals surface area contributed by atoms with Crippen molar-refractivity contribution in [3.63, 3.8) is 0 Å². The molecular weight excluding hydrogens is 344 g/mol. The SMILES string of the molecule is CC.CC1(O)CCC(Oc2ccc3c(c2)c(=O)oc2cc(O)ccc23)CC1. The van der Waals surface area contributed by atoms with Gasteiger partial charge in [0, 0.05) is 16.8 Å². The summed E-state index contributed by atoms with van der Waals surface area (Å²) in [7, 11) is 0. The number of hydrogen-bond acceptors (Lipinski definition) is 5. The Morgan fingerprint density at radius 2 is 1.70 bits per heavy atom. The largest absolute Gasteiger partial charge is 0.508 e. The van der Waals surface area contributed by atoms with Crippen LogP contribution in [0.3, 0.4) is 0 Å². The van der Waals surface area contributed by atoms with Crippen molar-refractivity contribution in [1.82, 2.24) is 0 Å². The highest BCUT2D eigenvalue weighted by atomic mass is 16.5. The van der Waals surface area contributed by atoms with Crippen LogP contribution in [-0.2, 0) is 0 Å². The van der Waals surface area contributed by atoms with Crippen LogP contribution in [0, 0.1) is 0 Å². The maximum atomic E-state index is 12.3. The van der Waals surface area contributed by atoms with Crippen LogP contribution in [0.25, 0.3) is 21.7 Å². The first-order chi connectivity index (χ1) is 12.9. The molecule has 0 radical (unpaired) electrons. The van der Waals surface area contributed by atoms with Crippen molar-refractivity contribution < 1.29 is 19.4 Å². The Labute approximate surface area is 158 Å². The summed E-state index contributed by atoms with van der Waals surface area (Å²) >= 11 is 0. The van der Waals surface area contributed by atoms with Gasteiger partial charge in [-0.1, -0.05) is 13.8 Å². The van der Waals surface area contributed by atoms with E-state index in [4.69, 9.17) is 9.15 Å². The van der Waals surface area contributed by atoms with Crippen LogP contribution >= 0.6 is 0 Å². The molecule has 5 nitrogen and oxygen atoms in total. The summed E-state index contributed by atoms with van der Waals surface area (Å²) in [6.07, 6.45) is 3.04. The van der Waals surface area contributed by atoms with E-state index in [1.54, 1.807) is 18.2 Å². The molecule has 5 heteroatoms. The zero-order valence-corrected chi connectivity index (χ0v) is 16.0. The monoisotopic (exact) mass is 370 g/mol. The Balaban J connectivity index is 0.00000102. The number of fused-ring (bicyclic) bond motifs is 3. The molecule has 1 fully saturated rings. The van der Waals surface area contributed by atoms with E-state index in [0.717, 1.165) is 23.6 Å². The summed E-state index contributed by atoms with van der Waals surface area (Å²) in [5.74, 6) is 0.688. The zero-order valence-electron chi connectivity index (χ0n) is 16.0. The Morgan fingerprint density at radius 3 is 2.41 bits per heavy atom. The zero-order chi connectivity index (χ0) is 19.6. The van der Waals surface area contributed by atoms with Crippen molar-refractivity contribution in [2.75, 3.05) is 0 Å². The molecule has 0 spiro atoms. The van der Waals surface area contributed by atoms with Crippen LogP contribution in [0.5, 0.6) is 11.5 Å². The van der Waals surface area contributed by atoms with Crippen molar-refractivity contribution in [2.45, 2.75) is 58.2 Å². The van der Waals surface area contributed by atoms with E-state index in [0.29, 0.717) is 29.6 Å². The van der Waals surface area contributed by atoms with Crippen LogP contribution in [0.2, 0.25) is 0 Å². The molecular formula is C22H26O5. The molecule has 27 heavy (non-hydrogen) atoms. The number of phenolic OH excluding ortho intramolecular Hbond substituents is 1. The van der Waals surface area contributed by atoms with Crippen LogP contribution in [-0.4, -0.2) is 21.9 Å². The predicted octanol–water partition coefficient (Wildman–Crippen LogP) is 4.75. The highest BCUT2D eigenvalue weighted by molar-refractivity contribution is 6.04. The van der Waals surface area contributed by atoms with Crippen molar-refractivity contribution in [2.24, 2.45) is 0 Å².